The molecule has 0 atom stereocenters. The van der Waals surface area contributed by atoms with E-state index in [0.29, 0.717) is 25.0 Å². The van der Waals surface area contributed by atoms with Crippen LogP contribution >= 0.6 is 24.0 Å². The number of sulfone groups is 1. The fraction of sp³-hybridized carbons (Fsp3) is 0.583. The minimum Gasteiger partial charge on any atom is -0.370 e. The molecule has 0 radical (unpaired) electrons. The van der Waals surface area contributed by atoms with Crippen LogP contribution in [0.15, 0.2) is 23.5 Å². The Balaban J connectivity index is 0.00000242. The summed E-state index contributed by atoms with van der Waals surface area (Å²) in [6.07, 6.45) is 4.63. The van der Waals surface area contributed by atoms with E-state index in [1.54, 1.807) is 18.5 Å². The van der Waals surface area contributed by atoms with E-state index in [-0.39, 0.29) is 36.3 Å². The number of nitrogens with zero attached hydrogens (tertiary/aromatic N) is 5. The van der Waals surface area contributed by atoms with Gasteiger partial charge in [0.15, 0.2) is 5.96 Å². The molecule has 1 aromatic rings. The Morgan fingerprint density at radius 2 is 1.86 bits per heavy atom. The number of piperazine rings is 1. The number of rotatable bonds is 4. The number of guanidine groups is 1. The summed E-state index contributed by atoms with van der Waals surface area (Å²) in [7, 11) is -3.00. The van der Waals surface area contributed by atoms with Crippen LogP contribution in [-0.4, -0.2) is 74.0 Å². The standard InChI is InChI=1S/C12H20N6O2S.HI/c1-21(19,20)10-5-14-11(13)17-6-8-18(9-7-17)12-15-3-2-4-16-12;/h2-4H,5-10H2,1H3,(H2,13,14);1H. The van der Waals surface area contributed by atoms with Gasteiger partial charge in [0.1, 0.15) is 9.84 Å². The molecule has 0 amide bonds. The molecule has 0 spiro atoms. The Hall–Kier alpha value is -1.17. The molecule has 10 heteroatoms. The molecule has 0 aromatic carbocycles. The van der Waals surface area contributed by atoms with E-state index in [9.17, 15) is 8.42 Å². The maximum atomic E-state index is 11.0. The molecular weight excluding hydrogens is 419 g/mol. The maximum Gasteiger partial charge on any atom is 0.225 e. The van der Waals surface area contributed by atoms with Gasteiger partial charge in [-0.1, -0.05) is 0 Å². The third kappa shape index (κ3) is 5.91. The van der Waals surface area contributed by atoms with Crippen molar-refractivity contribution >= 4 is 45.7 Å². The predicted octanol–water partition coefficient (Wildman–Crippen LogP) is -0.424. The van der Waals surface area contributed by atoms with Crippen molar-refractivity contribution in [3.63, 3.8) is 0 Å². The van der Waals surface area contributed by atoms with Crippen LogP contribution in [0.5, 0.6) is 0 Å². The van der Waals surface area contributed by atoms with Crippen molar-refractivity contribution in [2.24, 2.45) is 10.7 Å². The van der Waals surface area contributed by atoms with Crippen LogP contribution < -0.4 is 10.6 Å². The first kappa shape index (κ1) is 18.9. The molecule has 2 N–H and O–H groups in total. The van der Waals surface area contributed by atoms with E-state index in [2.05, 4.69) is 19.9 Å². The van der Waals surface area contributed by atoms with E-state index in [1.807, 2.05) is 4.90 Å². The summed E-state index contributed by atoms with van der Waals surface area (Å²) in [6, 6.07) is 1.78. The first-order valence-electron chi connectivity index (χ1n) is 6.70. The van der Waals surface area contributed by atoms with E-state index in [0.717, 1.165) is 13.1 Å². The van der Waals surface area contributed by atoms with Gasteiger partial charge in [-0.2, -0.15) is 0 Å². The number of halogens is 1. The second-order valence-corrected chi connectivity index (χ2v) is 7.15. The van der Waals surface area contributed by atoms with Gasteiger partial charge in [0, 0.05) is 44.8 Å². The van der Waals surface area contributed by atoms with Crippen LogP contribution in [0.4, 0.5) is 5.95 Å². The van der Waals surface area contributed by atoms with Gasteiger partial charge < -0.3 is 15.5 Å². The zero-order chi connectivity index (χ0) is 15.3. The van der Waals surface area contributed by atoms with Gasteiger partial charge in [-0.05, 0) is 6.07 Å². The highest BCUT2D eigenvalue weighted by Crippen LogP contribution is 2.09. The van der Waals surface area contributed by atoms with E-state index < -0.39 is 9.84 Å². The Morgan fingerprint density at radius 3 is 2.41 bits per heavy atom. The first-order chi connectivity index (χ1) is 9.96. The topological polar surface area (TPSA) is 105 Å². The summed E-state index contributed by atoms with van der Waals surface area (Å²) in [5.41, 5.74) is 5.89. The van der Waals surface area contributed by atoms with E-state index >= 15 is 0 Å². The van der Waals surface area contributed by atoms with Crippen molar-refractivity contribution in [3.8, 4) is 0 Å². The maximum absolute atomic E-state index is 11.0. The van der Waals surface area contributed by atoms with E-state index in [4.69, 9.17) is 5.73 Å². The number of nitrogens with two attached hydrogens (primary N) is 1. The highest BCUT2D eigenvalue weighted by Gasteiger charge is 2.19. The quantitative estimate of drug-likeness (QED) is 0.385. The summed E-state index contributed by atoms with van der Waals surface area (Å²) < 4.78 is 22.1. The largest absolute Gasteiger partial charge is 0.370 e. The van der Waals surface area contributed by atoms with Crippen LogP contribution in [0.25, 0.3) is 0 Å². The second kappa shape index (κ2) is 8.46. The van der Waals surface area contributed by atoms with Gasteiger partial charge >= 0.3 is 0 Å². The van der Waals surface area contributed by atoms with Gasteiger partial charge in [0.2, 0.25) is 5.95 Å². The number of aromatic nitrogens is 2. The summed E-state index contributed by atoms with van der Waals surface area (Å²) in [4.78, 5) is 16.6. The molecule has 1 aliphatic heterocycles. The minimum absolute atomic E-state index is 0. The molecule has 0 bridgehead atoms. The average Bonchev–Trinajstić information content (AvgIpc) is 2.47. The van der Waals surface area contributed by atoms with Crippen molar-refractivity contribution in [3.05, 3.63) is 18.5 Å². The van der Waals surface area contributed by atoms with Gasteiger partial charge in [-0.15, -0.1) is 24.0 Å². The van der Waals surface area contributed by atoms with Crippen molar-refractivity contribution in [2.45, 2.75) is 0 Å². The van der Waals surface area contributed by atoms with Gasteiger partial charge in [-0.25, -0.2) is 18.4 Å². The van der Waals surface area contributed by atoms with Crippen molar-refractivity contribution in [1.29, 1.82) is 0 Å². The number of hydrogen-bond acceptors (Lipinski definition) is 6. The molecule has 8 nitrogen and oxygen atoms in total. The lowest BCUT2D eigenvalue weighted by Crippen LogP contribution is -2.51. The van der Waals surface area contributed by atoms with Gasteiger partial charge in [-0.3, -0.25) is 4.99 Å². The lowest BCUT2D eigenvalue weighted by atomic mass is 10.3. The van der Waals surface area contributed by atoms with Crippen molar-refractivity contribution in [2.75, 3.05) is 49.6 Å². The van der Waals surface area contributed by atoms with Gasteiger partial charge in [0.05, 0.1) is 12.3 Å². The summed E-state index contributed by atoms with van der Waals surface area (Å²) in [6.45, 7) is 3.14. The highest BCUT2D eigenvalue weighted by atomic mass is 127. The Kier molecular flexibility index (Phi) is 7.26. The smallest absolute Gasteiger partial charge is 0.225 e. The SMILES string of the molecule is CS(=O)(=O)CCN=C(N)N1CCN(c2ncccn2)CC1.I. The Bertz CT molecular complexity index is 587. The molecule has 22 heavy (non-hydrogen) atoms. The van der Waals surface area contributed by atoms with Crippen LogP contribution in [0.2, 0.25) is 0 Å². The molecule has 2 rings (SSSR count). The molecule has 124 valence electrons. The fourth-order valence-corrected chi connectivity index (χ4v) is 2.44. The molecular formula is C12H21IN6O2S. The van der Waals surface area contributed by atoms with Crippen LogP contribution in [0.3, 0.4) is 0 Å². The van der Waals surface area contributed by atoms with E-state index in [1.165, 1.54) is 6.26 Å². The lowest BCUT2D eigenvalue weighted by molar-refractivity contribution is 0.378. The van der Waals surface area contributed by atoms with Gasteiger partial charge in [0.25, 0.3) is 0 Å². The van der Waals surface area contributed by atoms with Crippen molar-refractivity contribution in [1.82, 2.24) is 14.9 Å². The zero-order valence-corrected chi connectivity index (χ0v) is 15.6. The Labute approximate surface area is 147 Å². The first-order valence-corrected chi connectivity index (χ1v) is 8.76. The summed E-state index contributed by atoms with van der Waals surface area (Å²) >= 11 is 0. The normalized spacial score (nSPS) is 16.3. The molecule has 1 aromatic heterocycles. The monoisotopic (exact) mass is 440 g/mol. The van der Waals surface area contributed by atoms with Crippen LogP contribution in [0, 0.1) is 0 Å². The minimum atomic E-state index is -3.00. The summed E-state index contributed by atoms with van der Waals surface area (Å²) in [5, 5.41) is 0. The van der Waals surface area contributed by atoms with Crippen molar-refractivity contribution < 1.29 is 8.42 Å². The fourth-order valence-electron chi connectivity index (χ4n) is 2.02. The predicted molar refractivity (Wildman–Crippen MR) is 97.4 cm³/mol. The second-order valence-electron chi connectivity index (χ2n) is 4.89. The third-order valence-electron chi connectivity index (χ3n) is 3.17. The average molecular weight is 440 g/mol. The number of aliphatic imine (C=N–C) groups is 1. The number of anilines is 1. The Morgan fingerprint density at radius 1 is 1.27 bits per heavy atom. The lowest BCUT2D eigenvalue weighted by Gasteiger charge is -2.35. The molecule has 0 unspecified atom stereocenters. The molecule has 0 saturated carbocycles. The van der Waals surface area contributed by atoms with Crippen LogP contribution in [-0.2, 0) is 9.84 Å². The zero-order valence-electron chi connectivity index (χ0n) is 12.4. The summed E-state index contributed by atoms with van der Waals surface area (Å²) in [5.74, 6) is 1.13. The van der Waals surface area contributed by atoms with Crippen LogP contribution in [0.1, 0.15) is 0 Å². The molecule has 1 saturated heterocycles. The molecule has 1 aliphatic rings. The highest BCUT2D eigenvalue weighted by molar-refractivity contribution is 14.0. The molecule has 0 aliphatic carbocycles. The number of hydrogen-bond donors (Lipinski definition) is 1. The third-order valence-corrected chi connectivity index (χ3v) is 4.10. The molecule has 1 fully saturated rings. The molecule has 2 heterocycles.